The van der Waals surface area contributed by atoms with Gasteiger partial charge in [-0.2, -0.15) is 5.10 Å². The average molecular weight is 368 g/mol. The van der Waals surface area contributed by atoms with Crippen LogP contribution in [0, 0.1) is 11.6 Å². The van der Waals surface area contributed by atoms with Gasteiger partial charge < -0.3 is 9.80 Å². The van der Waals surface area contributed by atoms with Crippen molar-refractivity contribution in [2.75, 3.05) is 31.1 Å². The van der Waals surface area contributed by atoms with Crippen molar-refractivity contribution >= 4 is 11.7 Å². The van der Waals surface area contributed by atoms with E-state index >= 15 is 0 Å². The molecule has 0 bridgehead atoms. The van der Waals surface area contributed by atoms with Crippen molar-refractivity contribution in [3.63, 3.8) is 0 Å². The van der Waals surface area contributed by atoms with Crippen LogP contribution in [0.15, 0.2) is 54.6 Å². The van der Waals surface area contributed by atoms with E-state index in [1.54, 1.807) is 29.2 Å². The van der Waals surface area contributed by atoms with Gasteiger partial charge in [-0.25, -0.2) is 8.78 Å². The minimum atomic E-state index is -0.499. The summed E-state index contributed by atoms with van der Waals surface area (Å²) < 4.78 is 26.9. The first kappa shape index (κ1) is 17.2. The van der Waals surface area contributed by atoms with Crippen molar-refractivity contribution < 1.29 is 13.6 Å². The number of hydrogen-bond donors (Lipinski definition) is 1. The number of amides is 1. The Morgan fingerprint density at radius 2 is 1.67 bits per heavy atom. The quantitative estimate of drug-likeness (QED) is 0.772. The molecular weight excluding hydrogens is 350 g/mol. The summed E-state index contributed by atoms with van der Waals surface area (Å²) >= 11 is 0. The molecule has 4 rings (SSSR count). The van der Waals surface area contributed by atoms with Gasteiger partial charge in [-0.05, 0) is 42.0 Å². The summed E-state index contributed by atoms with van der Waals surface area (Å²) in [5, 5.41) is 7.29. The van der Waals surface area contributed by atoms with E-state index in [0.717, 1.165) is 17.1 Å². The Hall–Kier alpha value is -3.22. The highest BCUT2D eigenvalue weighted by Crippen LogP contribution is 2.23. The largest absolute Gasteiger partial charge is 0.352 e. The standard InChI is InChI=1S/C20H18F2N4O/c21-15-7-5-14(6-8-15)18-13-19(24-23-18)25-9-11-26(12-10-25)20(27)16-3-1-2-4-17(16)22/h1-8,13H,9-12H2,(H,23,24). The van der Waals surface area contributed by atoms with E-state index in [2.05, 4.69) is 15.1 Å². The van der Waals surface area contributed by atoms with Gasteiger partial charge in [0.05, 0.1) is 11.3 Å². The SMILES string of the molecule is O=C(c1ccccc1F)N1CCN(c2cc(-c3ccc(F)cc3)[nH]n2)CC1. The monoisotopic (exact) mass is 368 g/mol. The fourth-order valence-electron chi connectivity index (χ4n) is 3.19. The summed E-state index contributed by atoms with van der Waals surface area (Å²) in [5.74, 6) is -0.301. The molecule has 1 aromatic heterocycles. The molecule has 3 aromatic rings. The number of nitrogens with one attached hydrogen (secondary N) is 1. The minimum absolute atomic E-state index is 0.101. The van der Waals surface area contributed by atoms with Gasteiger partial charge in [0.15, 0.2) is 5.82 Å². The number of halogens is 2. The molecule has 7 heteroatoms. The predicted octanol–water partition coefficient (Wildman–Crippen LogP) is 3.32. The third kappa shape index (κ3) is 3.53. The molecule has 27 heavy (non-hydrogen) atoms. The molecule has 5 nitrogen and oxygen atoms in total. The number of aromatic amines is 1. The molecular formula is C20H18F2N4O. The maximum atomic E-state index is 13.8. The average Bonchev–Trinajstić information content (AvgIpc) is 3.19. The number of hydrogen-bond acceptors (Lipinski definition) is 3. The first-order valence-corrected chi connectivity index (χ1v) is 8.72. The van der Waals surface area contributed by atoms with Gasteiger partial charge in [0.1, 0.15) is 11.6 Å². The minimum Gasteiger partial charge on any atom is -0.352 e. The van der Waals surface area contributed by atoms with Gasteiger partial charge in [0.2, 0.25) is 0 Å². The Labute approximate surface area is 155 Å². The molecule has 1 aliphatic heterocycles. The Kier molecular flexibility index (Phi) is 4.58. The van der Waals surface area contributed by atoms with Gasteiger partial charge in [-0.3, -0.25) is 9.89 Å². The summed E-state index contributed by atoms with van der Waals surface area (Å²) in [6, 6.07) is 14.1. The van der Waals surface area contributed by atoms with Crippen molar-refractivity contribution in [3.05, 3.63) is 71.8 Å². The topological polar surface area (TPSA) is 52.2 Å². The molecule has 0 radical (unpaired) electrons. The van der Waals surface area contributed by atoms with Gasteiger partial charge in [-0.1, -0.05) is 12.1 Å². The Morgan fingerprint density at radius 1 is 0.963 bits per heavy atom. The highest BCUT2D eigenvalue weighted by molar-refractivity contribution is 5.94. The fraction of sp³-hybridized carbons (Fsp3) is 0.200. The Balaban J connectivity index is 1.42. The molecule has 0 unspecified atom stereocenters. The van der Waals surface area contributed by atoms with E-state index in [9.17, 15) is 13.6 Å². The zero-order valence-electron chi connectivity index (χ0n) is 14.5. The van der Waals surface area contributed by atoms with Crippen LogP contribution in [0.5, 0.6) is 0 Å². The maximum absolute atomic E-state index is 13.8. The lowest BCUT2D eigenvalue weighted by Crippen LogP contribution is -2.49. The van der Waals surface area contributed by atoms with Crippen molar-refractivity contribution in [2.24, 2.45) is 0 Å². The van der Waals surface area contributed by atoms with Crippen LogP contribution < -0.4 is 4.90 Å². The van der Waals surface area contributed by atoms with E-state index in [1.165, 1.54) is 24.3 Å². The summed E-state index contributed by atoms with van der Waals surface area (Å²) in [5.41, 5.74) is 1.75. The molecule has 0 aliphatic carbocycles. The zero-order chi connectivity index (χ0) is 18.8. The third-order valence-corrected chi connectivity index (χ3v) is 4.71. The second-order valence-electron chi connectivity index (χ2n) is 6.41. The molecule has 2 aromatic carbocycles. The van der Waals surface area contributed by atoms with Crippen molar-refractivity contribution in [2.45, 2.75) is 0 Å². The number of carbonyl (C=O) groups is 1. The van der Waals surface area contributed by atoms with Crippen LogP contribution in [0.25, 0.3) is 11.3 Å². The van der Waals surface area contributed by atoms with Gasteiger partial charge in [0, 0.05) is 32.2 Å². The lowest BCUT2D eigenvalue weighted by atomic mass is 10.1. The molecule has 0 spiro atoms. The van der Waals surface area contributed by atoms with Gasteiger partial charge >= 0.3 is 0 Å². The van der Waals surface area contributed by atoms with Crippen LogP contribution in [-0.4, -0.2) is 47.2 Å². The van der Waals surface area contributed by atoms with Crippen LogP contribution in [0.4, 0.5) is 14.6 Å². The van der Waals surface area contributed by atoms with Gasteiger partial charge in [0.25, 0.3) is 5.91 Å². The molecule has 0 saturated carbocycles. The molecule has 1 N–H and O–H groups in total. The van der Waals surface area contributed by atoms with Crippen molar-refractivity contribution in [3.8, 4) is 11.3 Å². The molecule has 138 valence electrons. The third-order valence-electron chi connectivity index (χ3n) is 4.71. The lowest BCUT2D eigenvalue weighted by Gasteiger charge is -2.34. The second kappa shape index (κ2) is 7.19. The second-order valence-corrected chi connectivity index (χ2v) is 6.41. The highest BCUT2D eigenvalue weighted by atomic mass is 19.1. The molecule has 1 fully saturated rings. The smallest absolute Gasteiger partial charge is 0.256 e. The van der Waals surface area contributed by atoms with Crippen LogP contribution in [-0.2, 0) is 0 Å². The number of benzene rings is 2. The predicted molar refractivity (Wildman–Crippen MR) is 98.5 cm³/mol. The first-order valence-electron chi connectivity index (χ1n) is 8.72. The number of aromatic nitrogens is 2. The molecule has 1 saturated heterocycles. The van der Waals surface area contributed by atoms with Crippen LogP contribution in [0.1, 0.15) is 10.4 Å². The van der Waals surface area contributed by atoms with E-state index in [4.69, 9.17) is 0 Å². The number of H-pyrrole nitrogens is 1. The summed E-state index contributed by atoms with van der Waals surface area (Å²) in [4.78, 5) is 16.2. The number of piperazine rings is 1. The van der Waals surface area contributed by atoms with Crippen LogP contribution in [0.2, 0.25) is 0 Å². The maximum Gasteiger partial charge on any atom is 0.256 e. The van der Waals surface area contributed by atoms with Crippen molar-refractivity contribution in [1.82, 2.24) is 15.1 Å². The molecule has 0 atom stereocenters. The zero-order valence-corrected chi connectivity index (χ0v) is 14.5. The van der Waals surface area contributed by atoms with E-state index in [1.807, 2.05) is 6.07 Å². The molecule has 1 aliphatic rings. The van der Waals surface area contributed by atoms with Crippen LogP contribution in [0.3, 0.4) is 0 Å². The van der Waals surface area contributed by atoms with E-state index < -0.39 is 5.82 Å². The van der Waals surface area contributed by atoms with Crippen LogP contribution >= 0.6 is 0 Å². The Morgan fingerprint density at radius 3 is 2.37 bits per heavy atom. The number of anilines is 1. The van der Waals surface area contributed by atoms with E-state index in [0.29, 0.717) is 26.2 Å². The first-order chi connectivity index (χ1) is 13.1. The number of rotatable bonds is 3. The lowest BCUT2D eigenvalue weighted by molar-refractivity contribution is 0.0742. The number of nitrogens with zero attached hydrogens (tertiary/aromatic N) is 3. The molecule has 2 heterocycles. The van der Waals surface area contributed by atoms with E-state index in [-0.39, 0.29) is 17.3 Å². The fourth-order valence-corrected chi connectivity index (χ4v) is 3.19. The Bertz CT molecular complexity index is 947. The normalized spacial score (nSPS) is 14.4. The molecule has 1 amide bonds. The summed E-state index contributed by atoms with van der Waals surface area (Å²) in [6.45, 7) is 2.19. The highest BCUT2D eigenvalue weighted by Gasteiger charge is 2.25. The van der Waals surface area contributed by atoms with Gasteiger partial charge in [-0.15, -0.1) is 0 Å². The number of carbonyl (C=O) groups excluding carboxylic acids is 1. The summed E-state index contributed by atoms with van der Waals surface area (Å²) in [7, 11) is 0. The van der Waals surface area contributed by atoms with Crippen molar-refractivity contribution in [1.29, 1.82) is 0 Å². The summed E-state index contributed by atoms with van der Waals surface area (Å²) in [6.07, 6.45) is 0.